The largest absolute Gasteiger partial charge is 0.372 e. The first-order valence-electron chi connectivity index (χ1n) is 10.8. The molecule has 1 fully saturated rings. The third-order valence-corrected chi connectivity index (χ3v) is 7.64. The molecule has 0 spiro atoms. The second kappa shape index (κ2) is 9.85. The smallest absolute Gasteiger partial charge is 0.264 e. The first-order valence-corrected chi connectivity index (χ1v) is 12.6. The van der Waals surface area contributed by atoms with E-state index in [1.54, 1.807) is 18.2 Å². The SMILES string of the molecule is Cc1cccc(N(CC(=O)Nc2ccc(N3CCCC3)cc2)S(=O)(=O)c2ccc(Cl)cc2)c1. The van der Waals surface area contributed by atoms with E-state index in [2.05, 4.69) is 10.2 Å². The molecule has 8 heteroatoms. The third-order valence-electron chi connectivity index (χ3n) is 5.60. The Labute approximate surface area is 199 Å². The summed E-state index contributed by atoms with van der Waals surface area (Å²) in [5.74, 6) is -0.428. The minimum atomic E-state index is -3.99. The molecule has 1 saturated heterocycles. The van der Waals surface area contributed by atoms with Crippen molar-refractivity contribution in [2.24, 2.45) is 0 Å². The van der Waals surface area contributed by atoms with Crippen LogP contribution in [0, 0.1) is 6.92 Å². The Kier molecular flexibility index (Phi) is 6.91. The van der Waals surface area contributed by atoms with E-state index in [0.29, 0.717) is 16.4 Å². The van der Waals surface area contributed by atoms with Gasteiger partial charge in [-0.25, -0.2) is 8.42 Å². The monoisotopic (exact) mass is 483 g/mol. The van der Waals surface area contributed by atoms with Crippen molar-refractivity contribution in [3.05, 3.63) is 83.4 Å². The van der Waals surface area contributed by atoms with Crippen LogP contribution in [0.15, 0.2) is 77.7 Å². The molecule has 1 aliphatic rings. The number of aryl methyl sites for hydroxylation is 1. The molecule has 1 N–H and O–H groups in total. The summed E-state index contributed by atoms with van der Waals surface area (Å²) < 4.78 is 28.0. The molecule has 3 aromatic rings. The van der Waals surface area contributed by atoms with Gasteiger partial charge in [-0.15, -0.1) is 0 Å². The molecule has 0 saturated carbocycles. The molecule has 0 radical (unpaired) electrons. The number of rotatable bonds is 7. The van der Waals surface area contributed by atoms with E-state index >= 15 is 0 Å². The first kappa shape index (κ1) is 23.1. The van der Waals surface area contributed by atoms with Crippen molar-refractivity contribution >= 4 is 44.6 Å². The molecule has 0 unspecified atom stereocenters. The summed E-state index contributed by atoms with van der Waals surface area (Å²) in [5, 5.41) is 3.26. The lowest BCUT2D eigenvalue weighted by atomic mass is 10.2. The van der Waals surface area contributed by atoms with Gasteiger partial charge >= 0.3 is 0 Å². The third kappa shape index (κ3) is 5.49. The zero-order valence-corrected chi connectivity index (χ0v) is 19.9. The molecule has 33 heavy (non-hydrogen) atoms. The minimum Gasteiger partial charge on any atom is -0.372 e. The van der Waals surface area contributed by atoms with Crippen LogP contribution in [0.2, 0.25) is 5.02 Å². The minimum absolute atomic E-state index is 0.0659. The van der Waals surface area contributed by atoms with E-state index in [0.717, 1.165) is 28.6 Å². The predicted molar refractivity (Wildman–Crippen MR) is 134 cm³/mol. The molecule has 1 heterocycles. The Bertz CT molecular complexity index is 1220. The van der Waals surface area contributed by atoms with Crippen LogP contribution >= 0.6 is 11.6 Å². The molecule has 4 rings (SSSR count). The average molecular weight is 484 g/mol. The van der Waals surface area contributed by atoms with Gasteiger partial charge in [0.05, 0.1) is 10.6 Å². The summed E-state index contributed by atoms with van der Waals surface area (Å²) in [4.78, 5) is 15.3. The highest BCUT2D eigenvalue weighted by Gasteiger charge is 2.27. The maximum Gasteiger partial charge on any atom is 0.264 e. The summed E-state index contributed by atoms with van der Waals surface area (Å²) in [7, 11) is -3.99. The Balaban J connectivity index is 1.56. The van der Waals surface area contributed by atoms with E-state index < -0.39 is 15.9 Å². The Morgan fingerprint density at radius 1 is 1.00 bits per heavy atom. The number of benzene rings is 3. The van der Waals surface area contributed by atoms with E-state index in [-0.39, 0.29) is 11.4 Å². The lowest BCUT2D eigenvalue weighted by Crippen LogP contribution is -2.38. The van der Waals surface area contributed by atoms with Crippen molar-refractivity contribution in [2.75, 3.05) is 34.2 Å². The van der Waals surface area contributed by atoms with Crippen LogP contribution in [-0.2, 0) is 14.8 Å². The molecular formula is C25H26ClN3O3S. The fourth-order valence-corrected chi connectivity index (χ4v) is 5.43. The molecule has 0 bridgehead atoms. The van der Waals surface area contributed by atoms with Gasteiger partial charge in [-0.1, -0.05) is 23.7 Å². The van der Waals surface area contributed by atoms with Gasteiger partial charge in [0, 0.05) is 29.5 Å². The van der Waals surface area contributed by atoms with Gasteiger partial charge in [0.15, 0.2) is 0 Å². The highest BCUT2D eigenvalue weighted by molar-refractivity contribution is 7.92. The van der Waals surface area contributed by atoms with Gasteiger partial charge in [-0.2, -0.15) is 0 Å². The highest BCUT2D eigenvalue weighted by Crippen LogP contribution is 2.26. The average Bonchev–Trinajstić information content (AvgIpc) is 3.33. The van der Waals surface area contributed by atoms with Crippen LogP contribution < -0.4 is 14.5 Å². The van der Waals surface area contributed by atoms with Gasteiger partial charge in [0.2, 0.25) is 5.91 Å². The molecule has 0 aromatic heterocycles. The number of amides is 1. The molecule has 0 aliphatic carbocycles. The van der Waals surface area contributed by atoms with Crippen molar-refractivity contribution in [3.8, 4) is 0 Å². The fraction of sp³-hybridized carbons (Fsp3) is 0.240. The summed E-state index contributed by atoms with van der Waals surface area (Å²) in [6, 6.07) is 20.6. The molecular weight excluding hydrogens is 458 g/mol. The van der Waals surface area contributed by atoms with Crippen LogP contribution in [0.5, 0.6) is 0 Å². The number of anilines is 3. The van der Waals surface area contributed by atoms with Crippen LogP contribution in [0.25, 0.3) is 0 Å². The fourth-order valence-electron chi connectivity index (χ4n) is 3.89. The van der Waals surface area contributed by atoms with Crippen molar-refractivity contribution in [1.82, 2.24) is 0 Å². The number of sulfonamides is 1. The summed E-state index contributed by atoms with van der Waals surface area (Å²) in [6.07, 6.45) is 2.38. The second-order valence-electron chi connectivity index (χ2n) is 8.09. The number of hydrogen-bond acceptors (Lipinski definition) is 4. The van der Waals surface area contributed by atoms with Crippen LogP contribution in [0.1, 0.15) is 18.4 Å². The van der Waals surface area contributed by atoms with Crippen molar-refractivity contribution in [1.29, 1.82) is 0 Å². The number of nitrogens with zero attached hydrogens (tertiary/aromatic N) is 2. The number of hydrogen-bond donors (Lipinski definition) is 1. The highest BCUT2D eigenvalue weighted by atomic mass is 35.5. The summed E-state index contributed by atoms with van der Waals surface area (Å²) in [6.45, 7) is 3.60. The Morgan fingerprint density at radius 3 is 2.30 bits per heavy atom. The van der Waals surface area contributed by atoms with Crippen LogP contribution in [-0.4, -0.2) is 34.0 Å². The zero-order chi connectivity index (χ0) is 23.4. The van der Waals surface area contributed by atoms with Gasteiger partial charge in [-0.3, -0.25) is 9.10 Å². The maximum absolute atomic E-state index is 13.4. The molecule has 0 atom stereocenters. The van der Waals surface area contributed by atoms with Crippen LogP contribution in [0.4, 0.5) is 17.1 Å². The molecule has 1 aliphatic heterocycles. The Hall–Kier alpha value is -3.03. The van der Waals surface area contributed by atoms with Gasteiger partial charge in [-0.05, 0) is 86.0 Å². The van der Waals surface area contributed by atoms with E-state index in [1.807, 2.05) is 37.3 Å². The molecule has 172 valence electrons. The lowest BCUT2D eigenvalue weighted by Gasteiger charge is -2.24. The zero-order valence-electron chi connectivity index (χ0n) is 18.4. The summed E-state index contributed by atoms with van der Waals surface area (Å²) >= 11 is 5.93. The molecule has 3 aromatic carbocycles. The van der Waals surface area contributed by atoms with Crippen molar-refractivity contribution < 1.29 is 13.2 Å². The Morgan fingerprint density at radius 2 is 1.67 bits per heavy atom. The first-order chi connectivity index (χ1) is 15.8. The van der Waals surface area contributed by atoms with Gasteiger partial charge in [0.1, 0.15) is 6.54 Å². The molecule has 1 amide bonds. The number of carbonyl (C=O) groups excluding carboxylic acids is 1. The number of nitrogens with one attached hydrogen (secondary N) is 1. The maximum atomic E-state index is 13.4. The molecule has 6 nitrogen and oxygen atoms in total. The second-order valence-corrected chi connectivity index (χ2v) is 10.4. The van der Waals surface area contributed by atoms with E-state index in [9.17, 15) is 13.2 Å². The quantitative estimate of drug-likeness (QED) is 0.508. The predicted octanol–water partition coefficient (Wildman–Crippen LogP) is 5.08. The summed E-state index contributed by atoms with van der Waals surface area (Å²) in [5.41, 5.74) is 3.06. The lowest BCUT2D eigenvalue weighted by molar-refractivity contribution is -0.114. The topological polar surface area (TPSA) is 69.7 Å². The van der Waals surface area contributed by atoms with Gasteiger partial charge in [0.25, 0.3) is 10.0 Å². The normalized spacial score (nSPS) is 13.7. The number of halogens is 1. The standard InChI is InChI=1S/C25H26ClN3O3S/c1-19-5-4-6-23(17-19)29(33(31,32)24-13-7-20(26)8-14-24)18-25(30)27-21-9-11-22(12-10-21)28-15-2-3-16-28/h4-14,17H,2-3,15-16,18H2,1H3,(H,27,30). The van der Waals surface area contributed by atoms with Crippen molar-refractivity contribution in [3.63, 3.8) is 0 Å². The van der Waals surface area contributed by atoms with Crippen LogP contribution in [0.3, 0.4) is 0 Å². The van der Waals surface area contributed by atoms with E-state index in [1.165, 1.54) is 37.1 Å². The number of carbonyl (C=O) groups is 1. The van der Waals surface area contributed by atoms with E-state index in [4.69, 9.17) is 11.6 Å². The van der Waals surface area contributed by atoms with Gasteiger partial charge < -0.3 is 10.2 Å². The van der Waals surface area contributed by atoms with Crippen molar-refractivity contribution in [2.45, 2.75) is 24.7 Å².